The average molecular weight is 258 g/mol. The molecule has 0 aliphatic rings. The SMILES string of the molecule is CCN(/C(N)=N/O)c1cccc(Br)c1. The van der Waals surface area contributed by atoms with Gasteiger partial charge in [0.2, 0.25) is 5.96 Å². The van der Waals surface area contributed by atoms with E-state index in [0.29, 0.717) is 6.54 Å². The van der Waals surface area contributed by atoms with E-state index in [4.69, 9.17) is 10.9 Å². The Balaban J connectivity index is 3.01. The molecular weight excluding hydrogens is 246 g/mol. The Kier molecular flexibility index (Phi) is 3.76. The Morgan fingerprint density at radius 2 is 2.36 bits per heavy atom. The van der Waals surface area contributed by atoms with E-state index >= 15 is 0 Å². The first kappa shape index (κ1) is 10.8. The van der Waals surface area contributed by atoms with E-state index in [0.717, 1.165) is 10.2 Å². The molecule has 1 rings (SSSR count). The van der Waals surface area contributed by atoms with Gasteiger partial charge in [-0.1, -0.05) is 27.2 Å². The maximum Gasteiger partial charge on any atom is 0.237 e. The predicted octanol–water partition coefficient (Wildman–Crippen LogP) is 1.98. The Morgan fingerprint density at radius 1 is 1.64 bits per heavy atom. The highest BCUT2D eigenvalue weighted by molar-refractivity contribution is 9.10. The van der Waals surface area contributed by atoms with Crippen LogP contribution in [0.3, 0.4) is 0 Å². The van der Waals surface area contributed by atoms with Gasteiger partial charge < -0.3 is 15.8 Å². The smallest absolute Gasteiger partial charge is 0.237 e. The maximum absolute atomic E-state index is 8.58. The number of anilines is 1. The average Bonchev–Trinajstić information content (AvgIpc) is 2.19. The Bertz CT molecular complexity index is 341. The van der Waals surface area contributed by atoms with Crippen LogP contribution in [0, 0.1) is 0 Å². The molecule has 76 valence electrons. The molecule has 14 heavy (non-hydrogen) atoms. The normalized spacial score (nSPS) is 11.4. The van der Waals surface area contributed by atoms with Crippen molar-refractivity contribution in [3.8, 4) is 0 Å². The molecule has 0 fully saturated rings. The second-order valence-corrected chi connectivity index (χ2v) is 3.60. The van der Waals surface area contributed by atoms with Crippen molar-refractivity contribution in [1.82, 2.24) is 0 Å². The van der Waals surface area contributed by atoms with Gasteiger partial charge in [-0.15, -0.1) is 0 Å². The van der Waals surface area contributed by atoms with Gasteiger partial charge in [0.15, 0.2) is 0 Å². The van der Waals surface area contributed by atoms with Crippen LogP contribution in [0.5, 0.6) is 0 Å². The lowest BCUT2D eigenvalue weighted by Gasteiger charge is -2.20. The second-order valence-electron chi connectivity index (χ2n) is 2.68. The van der Waals surface area contributed by atoms with Gasteiger partial charge in [-0.05, 0) is 25.1 Å². The summed E-state index contributed by atoms with van der Waals surface area (Å²) in [4.78, 5) is 1.70. The van der Waals surface area contributed by atoms with Crippen molar-refractivity contribution in [3.63, 3.8) is 0 Å². The van der Waals surface area contributed by atoms with Crippen LogP contribution in [-0.4, -0.2) is 17.7 Å². The van der Waals surface area contributed by atoms with Crippen LogP contribution in [0.1, 0.15) is 6.92 Å². The molecular formula is C9H12BrN3O. The molecule has 0 bridgehead atoms. The van der Waals surface area contributed by atoms with Gasteiger partial charge in [-0.25, -0.2) is 0 Å². The summed E-state index contributed by atoms with van der Waals surface area (Å²) < 4.78 is 0.958. The molecule has 0 saturated carbocycles. The summed E-state index contributed by atoms with van der Waals surface area (Å²) in [6, 6.07) is 7.62. The molecule has 0 aromatic heterocycles. The summed E-state index contributed by atoms with van der Waals surface area (Å²) in [5, 5.41) is 11.5. The lowest BCUT2D eigenvalue weighted by Crippen LogP contribution is -2.37. The molecule has 1 aromatic carbocycles. The molecule has 1 aromatic rings. The first-order chi connectivity index (χ1) is 6.69. The monoisotopic (exact) mass is 257 g/mol. The summed E-state index contributed by atoms with van der Waals surface area (Å²) in [5.74, 6) is 0.0885. The van der Waals surface area contributed by atoms with Crippen LogP contribution in [0.4, 0.5) is 5.69 Å². The molecule has 4 nitrogen and oxygen atoms in total. The van der Waals surface area contributed by atoms with Crippen molar-refractivity contribution in [2.45, 2.75) is 6.92 Å². The van der Waals surface area contributed by atoms with E-state index in [2.05, 4.69) is 21.1 Å². The van der Waals surface area contributed by atoms with Gasteiger partial charge in [0.05, 0.1) is 0 Å². The zero-order chi connectivity index (χ0) is 10.6. The van der Waals surface area contributed by atoms with Crippen LogP contribution in [0.15, 0.2) is 33.9 Å². The fraction of sp³-hybridized carbons (Fsp3) is 0.222. The highest BCUT2D eigenvalue weighted by Crippen LogP contribution is 2.19. The van der Waals surface area contributed by atoms with Crippen LogP contribution < -0.4 is 10.6 Å². The third-order valence-corrected chi connectivity index (χ3v) is 2.31. The zero-order valence-corrected chi connectivity index (χ0v) is 9.40. The fourth-order valence-corrected chi connectivity index (χ4v) is 1.56. The maximum atomic E-state index is 8.58. The number of hydrogen-bond donors (Lipinski definition) is 2. The Hall–Kier alpha value is -1.23. The number of guanidine groups is 1. The highest BCUT2D eigenvalue weighted by Gasteiger charge is 2.08. The van der Waals surface area contributed by atoms with Crippen molar-refractivity contribution in [2.75, 3.05) is 11.4 Å². The van der Waals surface area contributed by atoms with E-state index in [1.165, 1.54) is 0 Å². The largest absolute Gasteiger partial charge is 0.408 e. The molecule has 5 heteroatoms. The summed E-state index contributed by atoms with van der Waals surface area (Å²) in [6.45, 7) is 2.57. The van der Waals surface area contributed by atoms with Gasteiger partial charge in [0.1, 0.15) is 0 Å². The van der Waals surface area contributed by atoms with E-state index in [1.54, 1.807) is 4.90 Å². The van der Waals surface area contributed by atoms with Crippen molar-refractivity contribution in [1.29, 1.82) is 0 Å². The van der Waals surface area contributed by atoms with Gasteiger partial charge in [-0.3, -0.25) is 0 Å². The van der Waals surface area contributed by atoms with Crippen molar-refractivity contribution in [3.05, 3.63) is 28.7 Å². The number of oxime groups is 1. The van der Waals surface area contributed by atoms with Gasteiger partial charge >= 0.3 is 0 Å². The Labute approximate surface area is 91.1 Å². The number of halogens is 1. The van der Waals surface area contributed by atoms with E-state index in [1.807, 2.05) is 31.2 Å². The van der Waals surface area contributed by atoms with Crippen LogP contribution in [-0.2, 0) is 0 Å². The van der Waals surface area contributed by atoms with E-state index in [9.17, 15) is 0 Å². The topological polar surface area (TPSA) is 61.8 Å². The molecule has 0 spiro atoms. The number of nitrogens with zero attached hydrogens (tertiary/aromatic N) is 2. The van der Waals surface area contributed by atoms with E-state index < -0.39 is 0 Å². The zero-order valence-electron chi connectivity index (χ0n) is 7.81. The molecule has 0 aliphatic carbocycles. The minimum atomic E-state index is 0.0885. The van der Waals surface area contributed by atoms with Gasteiger partial charge in [0.25, 0.3) is 0 Å². The second kappa shape index (κ2) is 4.85. The standard InChI is InChI=1S/C9H12BrN3O/c1-2-13(9(11)12-14)8-5-3-4-7(10)6-8/h3-6,14H,2H2,1H3,(H2,11,12). The number of rotatable bonds is 2. The summed E-state index contributed by atoms with van der Waals surface area (Å²) in [6.07, 6.45) is 0. The lowest BCUT2D eigenvalue weighted by molar-refractivity contribution is 0.317. The molecule has 0 amide bonds. The lowest BCUT2D eigenvalue weighted by atomic mass is 10.3. The van der Waals surface area contributed by atoms with Crippen LogP contribution in [0.2, 0.25) is 0 Å². The Morgan fingerprint density at radius 3 is 2.86 bits per heavy atom. The summed E-state index contributed by atoms with van der Waals surface area (Å²) >= 11 is 3.36. The fourth-order valence-electron chi connectivity index (χ4n) is 1.17. The highest BCUT2D eigenvalue weighted by atomic mass is 79.9. The van der Waals surface area contributed by atoms with Crippen molar-refractivity contribution >= 4 is 27.6 Å². The summed E-state index contributed by atoms with van der Waals surface area (Å²) in [5.41, 5.74) is 6.41. The predicted molar refractivity (Wildman–Crippen MR) is 60.6 cm³/mol. The number of hydrogen-bond acceptors (Lipinski definition) is 2. The van der Waals surface area contributed by atoms with E-state index in [-0.39, 0.29) is 5.96 Å². The summed E-state index contributed by atoms with van der Waals surface area (Å²) in [7, 11) is 0. The first-order valence-electron chi connectivity index (χ1n) is 4.19. The van der Waals surface area contributed by atoms with Gasteiger partial charge in [-0.2, -0.15) is 0 Å². The van der Waals surface area contributed by atoms with Gasteiger partial charge in [0, 0.05) is 16.7 Å². The molecule has 3 N–H and O–H groups in total. The van der Waals surface area contributed by atoms with Crippen LogP contribution in [0.25, 0.3) is 0 Å². The molecule has 0 aliphatic heterocycles. The van der Waals surface area contributed by atoms with Crippen LogP contribution >= 0.6 is 15.9 Å². The number of nitrogens with two attached hydrogens (primary N) is 1. The third kappa shape index (κ3) is 2.38. The quantitative estimate of drug-likeness (QED) is 0.369. The third-order valence-electron chi connectivity index (χ3n) is 1.82. The van der Waals surface area contributed by atoms with Crippen molar-refractivity contribution < 1.29 is 5.21 Å². The molecule has 0 unspecified atom stereocenters. The first-order valence-corrected chi connectivity index (χ1v) is 4.99. The molecule has 0 heterocycles. The number of benzene rings is 1. The molecule has 0 radical (unpaired) electrons. The minimum Gasteiger partial charge on any atom is -0.408 e. The molecule has 0 atom stereocenters. The minimum absolute atomic E-state index is 0.0885. The van der Waals surface area contributed by atoms with Crippen molar-refractivity contribution in [2.24, 2.45) is 10.9 Å². The molecule has 0 saturated heterocycles.